The topological polar surface area (TPSA) is 75.6 Å². The third-order valence-corrected chi connectivity index (χ3v) is 5.74. The number of benzene rings is 1. The summed E-state index contributed by atoms with van der Waals surface area (Å²) in [5.74, 6) is 1.35. The van der Waals surface area contributed by atoms with E-state index in [0.29, 0.717) is 18.2 Å². The number of amides is 1. The third kappa shape index (κ3) is 2.36. The number of nitrogens with zero attached hydrogens (tertiary/aromatic N) is 3. The molecule has 2 aliphatic rings. The smallest absolute Gasteiger partial charge is 0.226 e. The van der Waals surface area contributed by atoms with Crippen LogP contribution in [0.3, 0.4) is 0 Å². The van der Waals surface area contributed by atoms with E-state index < -0.39 is 0 Å². The maximum atomic E-state index is 12.3. The van der Waals surface area contributed by atoms with Crippen molar-refractivity contribution in [3.8, 4) is 5.69 Å². The molecule has 1 unspecified atom stereocenters. The fraction of sp³-hybridized carbons (Fsp3) is 0.350. The zero-order chi connectivity index (χ0) is 17.7. The van der Waals surface area contributed by atoms with Crippen molar-refractivity contribution in [3.05, 3.63) is 59.0 Å². The maximum Gasteiger partial charge on any atom is 0.226 e. The highest BCUT2D eigenvalue weighted by atomic mass is 16.1. The van der Waals surface area contributed by atoms with E-state index in [4.69, 9.17) is 0 Å². The highest BCUT2D eigenvalue weighted by Gasteiger charge is 2.35. The van der Waals surface area contributed by atoms with Gasteiger partial charge in [0.1, 0.15) is 0 Å². The van der Waals surface area contributed by atoms with Gasteiger partial charge in [0.15, 0.2) is 5.82 Å². The highest BCUT2D eigenvalue weighted by molar-refractivity contribution is 5.94. The molecule has 0 bridgehead atoms. The number of hydrogen-bond donors (Lipinski definition) is 2. The molecule has 5 rings (SSSR count). The van der Waals surface area contributed by atoms with E-state index in [9.17, 15) is 4.79 Å². The molecule has 0 spiro atoms. The minimum Gasteiger partial charge on any atom is -0.309 e. The second-order valence-corrected chi connectivity index (χ2v) is 7.32. The van der Waals surface area contributed by atoms with Crippen LogP contribution in [-0.4, -0.2) is 25.9 Å². The van der Waals surface area contributed by atoms with Crippen molar-refractivity contribution in [2.45, 2.75) is 44.4 Å². The van der Waals surface area contributed by atoms with Gasteiger partial charge in [0, 0.05) is 41.9 Å². The van der Waals surface area contributed by atoms with Gasteiger partial charge >= 0.3 is 0 Å². The van der Waals surface area contributed by atoms with Gasteiger partial charge in [-0.3, -0.25) is 9.89 Å². The van der Waals surface area contributed by atoms with Crippen molar-refractivity contribution in [3.63, 3.8) is 0 Å². The zero-order valence-electron chi connectivity index (χ0n) is 14.7. The van der Waals surface area contributed by atoms with Crippen LogP contribution in [0.1, 0.15) is 59.9 Å². The maximum absolute atomic E-state index is 12.3. The Morgan fingerprint density at radius 2 is 2.15 bits per heavy atom. The normalized spacial score (nSPS) is 19.7. The number of carbonyl (C=O) groups excluding carboxylic acids is 1. The fourth-order valence-corrected chi connectivity index (χ4v) is 4.17. The van der Waals surface area contributed by atoms with Crippen molar-refractivity contribution in [2.24, 2.45) is 0 Å². The summed E-state index contributed by atoms with van der Waals surface area (Å²) in [6, 6.07) is 8.26. The Bertz CT molecular complexity index is 968. The van der Waals surface area contributed by atoms with Crippen molar-refractivity contribution in [2.75, 3.05) is 5.32 Å². The summed E-state index contributed by atoms with van der Waals surface area (Å²) >= 11 is 0. The molecule has 6 heteroatoms. The van der Waals surface area contributed by atoms with Gasteiger partial charge in [-0.25, -0.2) is 4.68 Å². The number of rotatable bonds is 3. The van der Waals surface area contributed by atoms with Crippen molar-refractivity contribution < 1.29 is 4.79 Å². The van der Waals surface area contributed by atoms with Gasteiger partial charge < -0.3 is 5.32 Å². The highest BCUT2D eigenvalue weighted by Crippen LogP contribution is 2.46. The van der Waals surface area contributed by atoms with E-state index in [-0.39, 0.29) is 11.8 Å². The van der Waals surface area contributed by atoms with Gasteiger partial charge in [0.2, 0.25) is 5.91 Å². The standard InChI is InChI=1S/C20H21N5O/c1-12-10-14(25-9-3-8-21-25)6-7-15(12)16-11-17(26)22-20-18(16)19(23-24-20)13-4-2-5-13/h3,6-10,13,16H,2,4-5,11H2,1H3,(H2,22,23,24,26). The molecule has 1 saturated carbocycles. The number of H-pyrrole nitrogens is 1. The lowest BCUT2D eigenvalue weighted by atomic mass is 9.76. The van der Waals surface area contributed by atoms with Crippen molar-refractivity contribution in [1.29, 1.82) is 0 Å². The average molecular weight is 347 g/mol. The number of hydrogen-bond acceptors (Lipinski definition) is 3. The van der Waals surface area contributed by atoms with E-state index in [1.54, 1.807) is 6.20 Å². The molecule has 1 aromatic carbocycles. The minimum absolute atomic E-state index is 0.0321. The molecule has 3 aromatic rings. The SMILES string of the molecule is Cc1cc(-n2cccn2)ccc1C1CC(=O)Nc2n[nH]c(C3CCC3)c21. The van der Waals surface area contributed by atoms with E-state index in [0.717, 1.165) is 5.69 Å². The molecule has 6 nitrogen and oxygen atoms in total. The lowest BCUT2D eigenvalue weighted by molar-refractivity contribution is -0.116. The summed E-state index contributed by atoms with van der Waals surface area (Å²) in [5, 5.41) is 14.9. The molecule has 1 aliphatic heterocycles. The number of aromatic nitrogens is 4. The number of aromatic amines is 1. The second-order valence-electron chi connectivity index (χ2n) is 7.32. The van der Waals surface area contributed by atoms with E-state index >= 15 is 0 Å². The van der Waals surface area contributed by atoms with Gasteiger partial charge in [-0.05, 0) is 49.1 Å². The Hall–Kier alpha value is -2.89. The van der Waals surface area contributed by atoms with Crippen LogP contribution >= 0.6 is 0 Å². The van der Waals surface area contributed by atoms with Crippen molar-refractivity contribution in [1.82, 2.24) is 20.0 Å². The molecular formula is C20H21N5O. The first-order valence-corrected chi connectivity index (χ1v) is 9.19. The van der Waals surface area contributed by atoms with Gasteiger partial charge in [-0.1, -0.05) is 12.5 Å². The fourth-order valence-electron chi connectivity index (χ4n) is 4.17. The van der Waals surface area contributed by atoms with Crippen LogP contribution in [0.15, 0.2) is 36.7 Å². The average Bonchev–Trinajstić information content (AvgIpc) is 3.23. The molecular weight excluding hydrogens is 326 g/mol. The van der Waals surface area contributed by atoms with Gasteiger partial charge in [0.05, 0.1) is 5.69 Å². The quantitative estimate of drug-likeness (QED) is 0.759. The summed E-state index contributed by atoms with van der Waals surface area (Å²) in [4.78, 5) is 12.3. The van der Waals surface area contributed by atoms with Gasteiger partial charge in [-0.2, -0.15) is 10.2 Å². The molecule has 1 fully saturated rings. The Labute approximate surface area is 151 Å². The molecule has 1 aliphatic carbocycles. The predicted octanol–water partition coefficient (Wildman–Crippen LogP) is 3.65. The molecule has 0 saturated heterocycles. The van der Waals surface area contributed by atoms with E-state index in [2.05, 4.69) is 45.7 Å². The first-order chi connectivity index (χ1) is 12.7. The van der Waals surface area contributed by atoms with E-state index in [1.807, 2.05) is 16.9 Å². The number of aryl methyl sites for hydroxylation is 1. The Morgan fingerprint density at radius 1 is 1.27 bits per heavy atom. The second kappa shape index (κ2) is 5.83. The predicted molar refractivity (Wildman–Crippen MR) is 98.6 cm³/mol. The number of fused-ring (bicyclic) bond motifs is 1. The number of carbonyl (C=O) groups is 1. The number of anilines is 1. The van der Waals surface area contributed by atoms with Crippen LogP contribution in [-0.2, 0) is 4.79 Å². The van der Waals surface area contributed by atoms with E-state index in [1.165, 1.54) is 41.6 Å². The Kier molecular flexibility index (Phi) is 3.45. The molecule has 3 heterocycles. The molecule has 2 aromatic heterocycles. The van der Waals surface area contributed by atoms with Gasteiger partial charge in [-0.15, -0.1) is 0 Å². The minimum atomic E-state index is 0.0321. The van der Waals surface area contributed by atoms with Crippen LogP contribution in [0.2, 0.25) is 0 Å². The van der Waals surface area contributed by atoms with Crippen LogP contribution < -0.4 is 5.32 Å². The summed E-state index contributed by atoms with van der Waals surface area (Å²) in [6.07, 6.45) is 7.85. The third-order valence-electron chi connectivity index (χ3n) is 5.74. The summed E-state index contributed by atoms with van der Waals surface area (Å²) in [5.41, 5.74) is 5.79. The first-order valence-electron chi connectivity index (χ1n) is 9.19. The molecule has 1 atom stereocenters. The van der Waals surface area contributed by atoms with Gasteiger partial charge in [0.25, 0.3) is 0 Å². The molecule has 2 N–H and O–H groups in total. The monoisotopic (exact) mass is 347 g/mol. The largest absolute Gasteiger partial charge is 0.309 e. The van der Waals surface area contributed by atoms with Crippen LogP contribution in [0.4, 0.5) is 5.82 Å². The summed E-state index contributed by atoms with van der Waals surface area (Å²) in [6.45, 7) is 2.11. The zero-order valence-corrected chi connectivity index (χ0v) is 14.7. The molecule has 1 amide bonds. The van der Waals surface area contributed by atoms with Crippen LogP contribution in [0, 0.1) is 6.92 Å². The summed E-state index contributed by atoms with van der Waals surface area (Å²) in [7, 11) is 0. The van der Waals surface area contributed by atoms with Crippen LogP contribution in [0.5, 0.6) is 0 Å². The molecule has 26 heavy (non-hydrogen) atoms. The lowest BCUT2D eigenvalue weighted by Crippen LogP contribution is -2.25. The van der Waals surface area contributed by atoms with Crippen LogP contribution in [0.25, 0.3) is 5.69 Å². The van der Waals surface area contributed by atoms with Crippen molar-refractivity contribution >= 4 is 11.7 Å². The Balaban J connectivity index is 1.58. The number of nitrogens with one attached hydrogen (secondary N) is 2. The first kappa shape index (κ1) is 15.4. The summed E-state index contributed by atoms with van der Waals surface area (Å²) < 4.78 is 1.85. The lowest BCUT2D eigenvalue weighted by Gasteiger charge is -2.30. The molecule has 132 valence electrons. The Morgan fingerprint density at radius 3 is 2.85 bits per heavy atom. The molecule has 0 radical (unpaired) electrons.